The molecule has 6 heteroatoms. The number of fused-ring (bicyclic) bond motifs is 3. The molecule has 2 aliphatic rings. The number of aryl methyl sites for hydroxylation is 1. The second-order valence-corrected chi connectivity index (χ2v) is 8.98. The smallest absolute Gasteiger partial charge is 0.253 e. The van der Waals surface area contributed by atoms with Crippen molar-refractivity contribution in [3.05, 3.63) is 35.0 Å². The van der Waals surface area contributed by atoms with Crippen LogP contribution in [0.3, 0.4) is 0 Å². The molecular formula is C23H32N4O2. The van der Waals surface area contributed by atoms with Crippen LogP contribution >= 0.6 is 0 Å². The minimum absolute atomic E-state index is 0.0525. The fourth-order valence-electron chi connectivity index (χ4n) is 4.59. The summed E-state index contributed by atoms with van der Waals surface area (Å²) >= 11 is 0. The van der Waals surface area contributed by atoms with Crippen molar-refractivity contribution < 1.29 is 9.59 Å². The van der Waals surface area contributed by atoms with Gasteiger partial charge in [0.1, 0.15) is 0 Å². The van der Waals surface area contributed by atoms with Gasteiger partial charge in [0.25, 0.3) is 5.91 Å². The van der Waals surface area contributed by atoms with Gasteiger partial charge in [0.05, 0.1) is 6.54 Å². The standard InChI is InChI=1S/C23H32N4O2/c1-15(2)24-22(28)14-26-8-10-27(11-9-26)23(29)17-5-7-21-19(13-17)18-12-16(3)4-6-20(18)25-21/h5,7,13,15-16,25H,4,6,8-12,14H2,1-3H3,(H,24,28). The van der Waals surface area contributed by atoms with E-state index in [4.69, 9.17) is 0 Å². The van der Waals surface area contributed by atoms with E-state index < -0.39 is 0 Å². The lowest BCUT2D eigenvalue weighted by atomic mass is 9.87. The quantitative estimate of drug-likeness (QED) is 0.835. The first-order valence-corrected chi connectivity index (χ1v) is 10.8. The molecule has 1 saturated heterocycles. The molecule has 0 spiro atoms. The van der Waals surface area contributed by atoms with Crippen LogP contribution in [0.2, 0.25) is 0 Å². The molecule has 29 heavy (non-hydrogen) atoms. The SMILES string of the molecule is CC1CCc2[nH]c3ccc(C(=O)N4CCN(CC(=O)NC(C)C)CC4)cc3c2C1. The van der Waals surface area contributed by atoms with Crippen LogP contribution in [0, 0.1) is 5.92 Å². The minimum Gasteiger partial charge on any atom is -0.358 e. The molecule has 1 aromatic carbocycles. The van der Waals surface area contributed by atoms with Gasteiger partial charge in [0, 0.05) is 54.4 Å². The van der Waals surface area contributed by atoms with Crippen molar-refractivity contribution in [1.82, 2.24) is 20.1 Å². The molecule has 156 valence electrons. The average Bonchev–Trinajstić information content (AvgIpc) is 3.04. The van der Waals surface area contributed by atoms with Gasteiger partial charge in [-0.25, -0.2) is 0 Å². The van der Waals surface area contributed by atoms with Gasteiger partial charge < -0.3 is 15.2 Å². The molecule has 1 atom stereocenters. The number of carbonyl (C=O) groups excluding carboxylic acids is 2. The Hall–Kier alpha value is -2.34. The van der Waals surface area contributed by atoms with E-state index in [0.29, 0.717) is 25.6 Å². The summed E-state index contributed by atoms with van der Waals surface area (Å²) in [5.74, 6) is 0.843. The summed E-state index contributed by atoms with van der Waals surface area (Å²) in [6.07, 6.45) is 3.41. The number of amides is 2. The molecule has 6 nitrogen and oxygen atoms in total. The van der Waals surface area contributed by atoms with Crippen LogP contribution in [0.15, 0.2) is 18.2 Å². The summed E-state index contributed by atoms with van der Waals surface area (Å²) in [7, 11) is 0. The Morgan fingerprint density at radius 2 is 1.97 bits per heavy atom. The number of aromatic amines is 1. The third-order valence-electron chi connectivity index (χ3n) is 6.16. The first-order valence-electron chi connectivity index (χ1n) is 10.8. The van der Waals surface area contributed by atoms with Gasteiger partial charge in [0.15, 0.2) is 0 Å². The fourth-order valence-corrected chi connectivity index (χ4v) is 4.59. The topological polar surface area (TPSA) is 68.4 Å². The van der Waals surface area contributed by atoms with Crippen molar-refractivity contribution in [2.24, 2.45) is 5.92 Å². The van der Waals surface area contributed by atoms with Crippen LogP contribution in [-0.4, -0.2) is 65.4 Å². The Morgan fingerprint density at radius 3 is 2.69 bits per heavy atom. The van der Waals surface area contributed by atoms with E-state index in [2.05, 4.69) is 34.3 Å². The number of H-pyrrole nitrogens is 1. The number of benzene rings is 1. The lowest BCUT2D eigenvalue weighted by Crippen LogP contribution is -2.51. The number of hydrogen-bond acceptors (Lipinski definition) is 3. The number of rotatable bonds is 4. The summed E-state index contributed by atoms with van der Waals surface area (Å²) in [5.41, 5.74) is 4.65. The molecule has 2 N–H and O–H groups in total. The summed E-state index contributed by atoms with van der Waals surface area (Å²) in [6.45, 7) is 9.42. The van der Waals surface area contributed by atoms with Gasteiger partial charge in [0.2, 0.25) is 5.91 Å². The van der Waals surface area contributed by atoms with Crippen molar-refractivity contribution in [2.75, 3.05) is 32.7 Å². The Bertz CT molecular complexity index is 909. The highest BCUT2D eigenvalue weighted by molar-refractivity contribution is 5.99. The highest BCUT2D eigenvalue weighted by atomic mass is 16.2. The highest BCUT2D eigenvalue weighted by Gasteiger charge is 2.25. The predicted octanol–water partition coefficient (Wildman–Crippen LogP) is 2.58. The molecule has 0 radical (unpaired) electrons. The van der Waals surface area contributed by atoms with Crippen molar-refractivity contribution in [3.63, 3.8) is 0 Å². The average molecular weight is 397 g/mol. The zero-order chi connectivity index (χ0) is 20.5. The minimum atomic E-state index is 0.0525. The number of hydrogen-bond donors (Lipinski definition) is 2. The maximum atomic E-state index is 13.1. The summed E-state index contributed by atoms with van der Waals surface area (Å²) in [5, 5.41) is 4.14. The zero-order valence-electron chi connectivity index (χ0n) is 17.8. The van der Waals surface area contributed by atoms with Gasteiger partial charge in [-0.15, -0.1) is 0 Å². The molecule has 0 saturated carbocycles. The van der Waals surface area contributed by atoms with E-state index in [1.54, 1.807) is 0 Å². The lowest BCUT2D eigenvalue weighted by Gasteiger charge is -2.34. The summed E-state index contributed by atoms with van der Waals surface area (Å²) in [6, 6.07) is 6.23. The third-order valence-corrected chi connectivity index (χ3v) is 6.16. The molecule has 1 unspecified atom stereocenters. The van der Waals surface area contributed by atoms with E-state index in [0.717, 1.165) is 37.0 Å². The van der Waals surface area contributed by atoms with E-state index in [1.165, 1.54) is 23.1 Å². The molecule has 1 aliphatic heterocycles. The van der Waals surface area contributed by atoms with Crippen molar-refractivity contribution in [1.29, 1.82) is 0 Å². The van der Waals surface area contributed by atoms with Crippen LogP contribution < -0.4 is 5.32 Å². The highest BCUT2D eigenvalue weighted by Crippen LogP contribution is 2.32. The number of piperazine rings is 1. The summed E-state index contributed by atoms with van der Waals surface area (Å²) < 4.78 is 0. The van der Waals surface area contributed by atoms with E-state index in [1.807, 2.05) is 24.8 Å². The number of nitrogens with one attached hydrogen (secondary N) is 2. The van der Waals surface area contributed by atoms with Gasteiger partial charge >= 0.3 is 0 Å². The fraction of sp³-hybridized carbons (Fsp3) is 0.565. The lowest BCUT2D eigenvalue weighted by molar-refractivity contribution is -0.123. The number of aromatic nitrogens is 1. The molecule has 1 fully saturated rings. The molecule has 4 rings (SSSR count). The maximum Gasteiger partial charge on any atom is 0.253 e. The Balaban J connectivity index is 1.42. The van der Waals surface area contributed by atoms with E-state index in [-0.39, 0.29) is 17.9 Å². The zero-order valence-corrected chi connectivity index (χ0v) is 17.8. The largest absolute Gasteiger partial charge is 0.358 e. The van der Waals surface area contributed by atoms with Gasteiger partial charge in [-0.1, -0.05) is 6.92 Å². The van der Waals surface area contributed by atoms with E-state index >= 15 is 0 Å². The molecule has 1 aliphatic carbocycles. The maximum absolute atomic E-state index is 13.1. The van der Waals surface area contributed by atoms with Crippen LogP contribution in [-0.2, 0) is 17.6 Å². The molecule has 0 bridgehead atoms. The van der Waals surface area contributed by atoms with Crippen molar-refractivity contribution in [3.8, 4) is 0 Å². The molecular weight excluding hydrogens is 364 g/mol. The van der Waals surface area contributed by atoms with Crippen LogP contribution in [0.25, 0.3) is 10.9 Å². The van der Waals surface area contributed by atoms with Crippen LogP contribution in [0.4, 0.5) is 0 Å². The number of carbonyl (C=O) groups is 2. The Labute approximate surface area is 172 Å². The first-order chi connectivity index (χ1) is 13.9. The van der Waals surface area contributed by atoms with E-state index in [9.17, 15) is 9.59 Å². The predicted molar refractivity (Wildman–Crippen MR) is 115 cm³/mol. The Kier molecular flexibility index (Phi) is 5.63. The second kappa shape index (κ2) is 8.19. The molecule has 2 heterocycles. The van der Waals surface area contributed by atoms with Gasteiger partial charge in [-0.2, -0.15) is 0 Å². The van der Waals surface area contributed by atoms with Gasteiger partial charge in [-0.3, -0.25) is 14.5 Å². The normalized spacial score (nSPS) is 20.1. The van der Waals surface area contributed by atoms with Crippen molar-refractivity contribution in [2.45, 2.75) is 46.1 Å². The third kappa shape index (κ3) is 4.32. The molecule has 1 aromatic heterocycles. The molecule has 2 amide bonds. The number of nitrogens with zero attached hydrogens (tertiary/aromatic N) is 2. The molecule has 2 aromatic rings. The van der Waals surface area contributed by atoms with Crippen molar-refractivity contribution >= 4 is 22.7 Å². The first kappa shape index (κ1) is 20.0. The second-order valence-electron chi connectivity index (χ2n) is 8.98. The van der Waals surface area contributed by atoms with Crippen LogP contribution in [0.1, 0.15) is 48.8 Å². The van der Waals surface area contributed by atoms with Gasteiger partial charge in [-0.05, 0) is 62.8 Å². The Morgan fingerprint density at radius 1 is 1.21 bits per heavy atom. The van der Waals surface area contributed by atoms with Crippen LogP contribution in [0.5, 0.6) is 0 Å². The monoisotopic (exact) mass is 396 g/mol. The summed E-state index contributed by atoms with van der Waals surface area (Å²) in [4.78, 5) is 32.6.